The molecule has 0 unspecified atom stereocenters. The van der Waals surface area contributed by atoms with Gasteiger partial charge in [0.1, 0.15) is 11.6 Å². The van der Waals surface area contributed by atoms with E-state index in [1.165, 1.54) is 24.2 Å². The summed E-state index contributed by atoms with van der Waals surface area (Å²) in [6.45, 7) is 1.43. The van der Waals surface area contributed by atoms with E-state index in [0.717, 1.165) is 30.2 Å². The first-order chi connectivity index (χ1) is 16.2. The second-order valence-electron chi connectivity index (χ2n) is 8.23. The van der Waals surface area contributed by atoms with Crippen LogP contribution in [0.25, 0.3) is 10.9 Å². The van der Waals surface area contributed by atoms with Crippen LogP contribution in [0.5, 0.6) is 5.75 Å². The van der Waals surface area contributed by atoms with Crippen LogP contribution in [0.3, 0.4) is 0 Å². The third-order valence-electron chi connectivity index (χ3n) is 5.80. The zero-order valence-corrected chi connectivity index (χ0v) is 22.2. The average molecular weight is 612 g/mol. The molecule has 3 aromatic rings. The van der Waals surface area contributed by atoms with Crippen LogP contribution < -0.4 is 10.3 Å². The predicted octanol–water partition coefficient (Wildman–Crippen LogP) is 6.36. The van der Waals surface area contributed by atoms with Crippen LogP contribution in [0, 0.1) is 0 Å². The fourth-order valence-corrected chi connectivity index (χ4v) is 5.34. The van der Waals surface area contributed by atoms with Gasteiger partial charge in [0, 0.05) is 21.0 Å². The Bertz CT molecular complexity index is 1340. The number of carboxylic acid groups (broad SMARTS) is 1. The molecule has 34 heavy (non-hydrogen) atoms. The van der Waals surface area contributed by atoms with E-state index in [1.54, 1.807) is 18.2 Å². The summed E-state index contributed by atoms with van der Waals surface area (Å²) in [6, 6.07) is 8.65. The third kappa shape index (κ3) is 5.37. The molecule has 178 valence electrons. The van der Waals surface area contributed by atoms with Crippen molar-refractivity contribution in [1.29, 1.82) is 0 Å². The quantitative estimate of drug-likeness (QED) is 0.328. The molecule has 0 amide bonds. The number of halogens is 3. The molecule has 0 bridgehead atoms. The molecule has 1 heterocycles. The van der Waals surface area contributed by atoms with Crippen molar-refractivity contribution < 1.29 is 14.6 Å². The topological polar surface area (TPSA) is 93.8 Å². The Morgan fingerprint density at radius 2 is 2.00 bits per heavy atom. The van der Waals surface area contributed by atoms with E-state index < -0.39 is 12.1 Å². The highest BCUT2D eigenvalue weighted by Crippen LogP contribution is 2.34. The van der Waals surface area contributed by atoms with Gasteiger partial charge in [-0.25, -0.2) is 9.78 Å². The minimum absolute atomic E-state index is 0.125. The first-order valence-electron chi connectivity index (χ1n) is 10.9. The minimum atomic E-state index is -1.11. The van der Waals surface area contributed by atoms with Gasteiger partial charge in [0.15, 0.2) is 6.10 Å². The highest BCUT2D eigenvalue weighted by molar-refractivity contribution is 9.10. The average Bonchev–Trinajstić information content (AvgIpc) is 2.81. The molecule has 1 saturated carbocycles. The number of carbonyl (C=O) groups is 1. The summed E-state index contributed by atoms with van der Waals surface area (Å²) in [6.07, 6.45) is 5.58. The first-order valence-corrected chi connectivity index (χ1v) is 12.9. The number of fused-ring (bicyclic) bond motifs is 1. The highest BCUT2D eigenvalue weighted by Gasteiger charge is 2.23. The normalized spacial score (nSPS) is 15.6. The van der Waals surface area contributed by atoms with Gasteiger partial charge in [0.2, 0.25) is 0 Å². The molecule has 0 saturated heterocycles. The second kappa shape index (κ2) is 10.6. The van der Waals surface area contributed by atoms with E-state index in [0.29, 0.717) is 31.8 Å². The van der Waals surface area contributed by atoms with Crippen LogP contribution in [-0.4, -0.2) is 33.1 Å². The molecule has 7 nitrogen and oxygen atoms in total. The molecular weight excluding hydrogens is 590 g/mol. The van der Waals surface area contributed by atoms with E-state index >= 15 is 0 Å². The van der Waals surface area contributed by atoms with Gasteiger partial charge in [-0.1, -0.05) is 46.8 Å². The summed E-state index contributed by atoms with van der Waals surface area (Å²) in [5.74, 6) is -0.0876. The monoisotopic (exact) mass is 609 g/mol. The summed E-state index contributed by atoms with van der Waals surface area (Å²) >= 11 is 13.0. The fraction of sp³-hybridized carbons (Fsp3) is 0.333. The maximum atomic E-state index is 13.5. The molecule has 1 N–H and O–H groups in total. The molecule has 1 fully saturated rings. The summed E-state index contributed by atoms with van der Waals surface area (Å²) < 4.78 is 8.25. The summed E-state index contributed by atoms with van der Waals surface area (Å²) in [5.41, 5.74) is 0.791. The Labute approximate surface area is 218 Å². The van der Waals surface area contributed by atoms with Gasteiger partial charge in [-0.2, -0.15) is 9.78 Å². The summed E-state index contributed by atoms with van der Waals surface area (Å²) in [5, 5.41) is 14.7. The van der Waals surface area contributed by atoms with Crippen LogP contribution in [0.2, 0.25) is 5.02 Å². The molecule has 2 aromatic carbocycles. The van der Waals surface area contributed by atoms with Gasteiger partial charge in [-0.15, -0.1) is 0 Å². The molecule has 1 atom stereocenters. The number of hydrogen-bond donors (Lipinski definition) is 1. The van der Waals surface area contributed by atoms with Gasteiger partial charge in [-0.3, -0.25) is 4.79 Å². The number of carboxylic acids is 1. The van der Waals surface area contributed by atoms with E-state index in [1.807, 2.05) is 12.1 Å². The Morgan fingerprint density at radius 1 is 1.26 bits per heavy atom. The van der Waals surface area contributed by atoms with E-state index in [-0.39, 0.29) is 17.2 Å². The number of benzene rings is 2. The standard InChI is InChI=1S/C24H22Br2ClN3O4/c1-13(24(32)33)34-21-15(9-17(27)11-19(21)26)12-28-30-22(14-5-3-2-4-6-14)29-20-8-7-16(25)10-18(20)23(30)31/h7-14H,2-6H2,1H3,(H,32,33)/t13-/m1/s1. The predicted molar refractivity (Wildman–Crippen MR) is 139 cm³/mol. The summed E-state index contributed by atoms with van der Waals surface area (Å²) in [7, 11) is 0. The zero-order chi connectivity index (χ0) is 24.4. The molecular formula is C24H22Br2ClN3O4. The molecule has 4 rings (SSSR count). The molecule has 0 radical (unpaired) electrons. The van der Waals surface area contributed by atoms with Crippen molar-refractivity contribution in [3.05, 3.63) is 66.0 Å². The molecule has 10 heteroatoms. The molecule has 0 spiro atoms. The van der Waals surface area contributed by atoms with E-state index in [9.17, 15) is 14.7 Å². The SMILES string of the molecule is C[C@@H](Oc1c(Br)cc(Cl)cc1C=Nn1c(C2CCCCC2)nc2ccc(Br)cc2c1=O)C(=O)O. The first kappa shape index (κ1) is 24.9. The Balaban J connectivity index is 1.86. The van der Waals surface area contributed by atoms with E-state index in [2.05, 4.69) is 37.0 Å². The van der Waals surface area contributed by atoms with Crippen molar-refractivity contribution >= 4 is 66.5 Å². The Kier molecular flexibility index (Phi) is 7.74. The molecule has 1 aliphatic rings. The van der Waals surface area contributed by atoms with Crippen LogP contribution in [0.15, 0.2) is 49.2 Å². The minimum Gasteiger partial charge on any atom is -0.479 e. The maximum Gasteiger partial charge on any atom is 0.344 e. The van der Waals surface area contributed by atoms with Gasteiger partial charge < -0.3 is 9.84 Å². The lowest BCUT2D eigenvalue weighted by Crippen LogP contribution is -2.25. The molecule has 1 aromatic heterocycles. The number of ether oxygens (including phenoxy) is 1. The number of hydrogen-bond acceptors (Lipinski definition) is 5. The van der Waals surface area contributed by atoms with Crippen molar-refractivity contribution in [1.82, 2.24) is 9.66 Å². The van der Waals surface area contributed by atoms with E-state index in [4.69, 9.17) is 21.3 Å². The lowest BCUT2D eigenvalue weighted by Gasteiger charge is -2.23. The molecule has 1 aliphatic carbocycles. The van der Waals surface area contributed by atoms with Crippen LogP contribution in [-0.2, 0) is 4.79 Å². The van der Waals surface area contributed by atoms with Crippen molar-refractivity contribution in [3.63, 3.8) is 0 Å². The summed E-state index contributed by atoms with van der Waals surface area (Å²) in [4.78, 5) is 29.7. The largest absolute Gasteiger partial charge is 0.479 e. The van der Waals surface area contributed by atoms with Crippen LogP contribution in [0.4, 0.5) is 0 Å². The number of nitrogens with zero attached hydrogens (tertiary/aromatic N) is 3. The smallest absolute Gasteiger partial charge is 0.344 e. The van der Waals surface area contributed by atoms with Crippen molar-refractivity contribution in [2.24, 2.45) is 5.10 Å². The van der Waals surface area contributed by atoms with Crippen molar-refractivity contribution in [3.8, 4) is 5.75 Å². The highest BCUT2D eigenvalue weighted by atomic mass is 79.9. The zero-order valence-electron chi connectivity index (χ0n) is 18.3. The van der Waals surface area contributed by atoms with Crippen LogP contribution >= 0.6 is 43.5 Å². The molecule has 0 aliphatic heterocycles. The fourth-order valence-electron chi connectivity index (χ4n) is 4.05. The lowest BCUT2D eigenvalue weighted by atomic mass is 9.88. The van der Waals surface area contributed by atoms with Gasteiger partial charge in [0.05, 0.1) is 21.6 Å². The van der Waals surface area contributed by atoms with Gasteiger partial charge >= 0.3 is 5.97 Å². The van der Waals surface area contributed by atoms with Crippen molar-refractivity contribution in [2.75, 3.05) is 0 Å². The number of rotatable bonds is 6. The van der Waals surface area contributed by atoms with Crippen LogP contribution in [0.1, 0.15) is 56.3 Å². The van der Waals surface area contributed by atoms with Crippen molar-refractivity contribution in [2.45, 2.75) is 51.0 Å². The Hall–Kier alpha value is -2.23. The lowest BCUT2D eigenvalue weighted by molar-refractivity contribution is -0.144. The second-order valence-corrected chi connectivity index (χ2v) is 10.4. The maximum absolute atomic E-state index is 13.5. The third-order valence-corrected chi connectivity index (χ3v) is 7.10. The number of aromatic nitrogens is 2. The van der Waals surface area contributed by atoms with Gasteiger partial charge in [-0.05, 0) is 66.0 Å². The number of aliphatic carboxylic acids is 1. The van der Waals surface area contributed by atoms with Gasteiger partial charge in [0.25, 0.3) is 5.56 Å². The Morgan fingerprint density at radius 3 is 2.71 bits per heavy atom.